The van der Waals surface area contributed by atoms with Gasteiger partial charge in [-0.05, 0) is 24.1 Å². The van der Waals surface area contributed by atoms with Crippen molar-refractivity contribution in [1.82, 2.24) is 4.90 Å². The Kier molecular flexibility index (Phi) is 5.98. The molecule has 21 heavy (non-hydrogen) atoms. The summed E-state index contributed by atoms with van der Waals surface area (Å²) in [6.45, 7) is 3.63. The van der Waals surface area contributed by atoms with Gasteiger partial charge in [0, 0.05) is 19.6 Å². The van der Waals surface area contributed by atoms with Crippen LogP contribution in [0.25, 0.3) is 0 Å². The molecule has 0 aliphatic carbocycles. The standard InChI is InChI=1S/C15H23N3O3/c16-10-12-3-1-4-13(9-12)21-7-2-5-18-6-8-20-11-14(18)15(17)19/h1,3-4,9,14H,2,5-8,10-11,16H2,(H2,17,19). The van der Waals surface area contributed by atoms with Gasteiger partial charge in [-0.25, -0.2) is 0 Å². The van der Waals surface area contributed by atoms with Crippen LogP contribution in [-0.2, 0) is 16.1 Å². The summed E-state index contributed by atoms with van der Waals surface area (Å²) in [6.07, 6.45) is 0.830. The second kappa shape index (κ2) is 7.97. The Morgan fingerprint density at radius 1 is 1.48 bits per heavy atom. The molecule has 0 radical (unpaired) electrons. The molecule has 1 amide bonds. The molecule has 0 aromatic heterocycles. The average molecular weight is 293 g/mol. The fraction of sp³-hybridized carbons (Fsp3) is 0.533. The predicted molar refractivity (Wildman–Crippen MR) is 79.8 cm³/mol. The minimum atomic E-state index is -0.328. The van der Waals surface area contributed by atoms with Crippen LogP contribution in [-0.4, -0.2) is 49.8 Å². The molecule has 1 aliphatic heterocycles. The van der Waals surface area contributed by atoms with Crippen LogP contribution in [0.4, 0.5) is 0 Å². The number of nitrogens with zero attached hydrogens (tertiary/aromatic N) is 1. The van der Waals surface area contributed by atoms with Gasteiger partial charge in [-0.2, -0.15) is 0 Å². The first-order valence-electron chi connectivity index (χ1n) is 7.23. The number of rotatable bonds is 7. The summed E-state index contributed by atoms with van der Waals surface area (Å²) in [7, 11) is 0. The Balaban J connectivity index is 1.74. The van der Waals surface area contributed by atoms with Crippen molar-refractivity contribution in [3.8, 4) is 5.75 Å². The molecule has 1 unspecified atom stereocenters. The zero-order chi connectivity index (χ0) is 15.1. The van der Waals surface area contributed by atoms with Crippen molar-refractivity contribution in [2.45, 2.75) is 19.0 Å². The normalized spacial score (nSPS) is 19.4. The van der Waals surface area contributed by atoms with E-state index in [0.717, 1.165) is 30.8 Å². The van der Waals surface area contributed by atoms with Crippen molar-refractivity contribution in [3.63, 3.8) is 0 Å². The highest BCUT2D eigenvalue weighted by Crippen LogP contribution is 2.13. The third-order valence-corrected chi connectivity index (χ3v) is 3.56. The van der Waals surface area contributed by atoms with Gasteiger partial charge >= 0.3 is 0 Å². The average Bonchev–Trinajstić information content (AvgIpc) is 2.52. The van der Waals surface area contributed by atoms with Crippen LogP contribution < -0.4 is 16.2 Å². The Hall–Kier alpha value is -1.63. The number of carbonyl (C=O) groups excluding carboxylic acids is 1. The van der Waals surface area contributed by atoms with E-state index in [9.17, 15) is 4.79 Å². The van der Waals surface area contributed by atoms with E-state index in [-0.39, 0.29) is 11.9 Å². The van der Waals surface area contributed by atoms with Gasteiger partial charge in [0.15, 0.2) is 0 Å². The SMILES string of the molecule is NCc1cccc(OCCCN2CCOCC2C(N)=O)c1. The second-order valence-electron chi connectivity index (χ2n) is 5.08. The fourth-order valence-electron chi connectivity index (χ4n) is 2.39. The molecule has 4 N–H and O–H groups in total. The summed E-state index contributed by atoms with van der Waals surface area (Å²) in [4.78, 5) is 13.4. The molecule has 1 saturated heterocycles. The van der Waals surface area contributed by atoms with Gasteiger partial charge in [0.1, 0.15) is 11.8 Å². The van der Waals surface area contributed by atoms with Crippen molar-refractivity contribution >= 4 is 5.91 Å². The molecule has 1 atom stereocenters. The minimum Gasteiger partial charge on any atom is -0.494 e. The fourth-order valence-corrected chi connectivity index (χ4v) is 2.39. The van der Waals surface area contributed by atoms with Crippen LogP contribution in [0.1, 0.15) is 12.0 Å². The Morgan fingerprint density at radius 2 is 2.33 bits per heavy atom. The first-order chi connectivity index (χ1) is 10.2. The molecule has 1 fully saturated rings. The third kappa shape index (κ3) is 4.70. The summed E-state index contributed by atoms with van der Waals surface area (Å²) >= 11 is 0. The van der Waals surface area contributed by atoms with E-state index >= 15 is 0 Å². The highest BCUT2D eigenvalue weighted by molar-refractivity contribution is 5.80. The second-order valence-corrected chi connectivity index (χ2v) is 5.08. The van der Waals surface area contributed by atoms with Gasteiger partial charge in [0.2, 0.25) is 5.91 Å². The van der Waals surface area contributed by atoms with E-state index < -0.39 is 0 Å². The topological polar surface area (TPSA) is 90.8 Å². The summed E-state index contributed by atoms with van der Waals surface area (Å²) in [6, 6.07) is 7.45. The molecule has 0 spiro atoms. The summed E-state index contributed by atoms with van der Waals surface area (Å²) in [5.74, 6) is 0.498. The van der Waals surface area contributed by atoms with Crippen LogP contribution in [0.2, 0.25) is 0 Å². The Bertz CT molecular complexity index is 467. The van der Waals surface area contributed by atoms with Crippen LogP contribution >= 0.6 is 0 Å². The lowest BCUT2D eigenvalue weighted by molar-refractivity contribution is -0.129. The van der Waals surface area contributed by atoms with Crippen LogP contribution in [0.3, 0.4) is 0 Å². The number of primary amides is 1. The third-order valence-electron chi connectivity index (χ3n) is 3.56. The number of morpholine rings is 1. The first-order valence-corrected chi connectivity index (χ1v) is 7.23. The van der Waals surface area contributed by atoms with Gasteiger partial charge in [-0.3, -0.25) is 9.69 Å². The molecule has 1 aliphatic rings. The molecule has 2 rings (SSSR count). The summed E-state index contributed by atoms with van der Waals surface area (Å²) in [5, 5.41) is 0. The Labute approximate surface area is 125 Å². The molecular weight excluding hydrogens is 270 g/mol. The molecular formula is C15H23N3O3. The minimum absolute atomic E-state index is 0.320. The molecule has 6 nitrogen and oxygen atoms in total. The number of ether oxygens (including phenoxy) is 2. The predicted octanol–water partition coefficient (Wildman–Crippen LogP) is 0.100. The number of benzene rings is 1. The lowest BCUT2D eigenvalue weighted by Crippen LogP contribution is -2.52. The molecule has 116 valence electrons. The molecule has 0 saturated carbocycles. The molecule has 1 heterocycles. The van der Waals surface area contributed by atoms with Crippen LogP contribution in [0, 0.1) is 0 Å². The quantitative estimate of drug-likeness (QED) is 0.696. The first kappa shape index (κ1) is 15.8. The van der Waals surface area contributed by atoms with E-state index in [4.69, 9.17) is 20.9 Å². The zero-order valence-electron chi connectivity index (χ0n) is 12.2. The Morgan fingerprint density at radius 3 is 3.10 bits per heavy atom. The van der Waals surface area contributed by atoms with Crippen LogP contribution in [0.15, 0.2) is 24.3 Å². The maximum Gasteiger partial charge on any atom is 0.237 e. The van der Waals surface area contributed by atoms with E-state index in [1.54, 1.807) is 0 Å². The van der Waals surface area contributed by atoms with Crippen molar-refractivity contribution in [2.75, 3.05) is 32.9 Å². The molecule has 1 aromatic carbocycles. The lowest BCUT2D eigenvalue weighted by atomic mass is 10.2. The van der Waals surface area contributed by atoms with E-state index in [1.165, 1.54) is 0 Å². The molecule has 1 aromatic rings. The van der Waals surface area contributed by atoms with Gasteiger partial charge in [0.25, 0.3) is 0 Å². The summed E-state index contributed by atoms with van der Waals surface area (Å²) < 4.78 is 11.0. The zero-order valence-corrected chi connectivity index (χ0v) is 12.2. The largest absolute Gasteiger partial charge is 0.494 e. The summed E-state index contributed by atoms with van der Waals surface area (Å²) in [5.41, 5.74) is 12.0. The van der Waals surface area contributed by atoms with Gasteiger partial charge in [-0.15, -0.1) is 0 Å². The number of nitrogens with two attached hydrogens (primary N) is 2. The van der Waals surface area contributed by atoms with Gasteiger partial charge < -0.3 is 20.9 Å². The van der Waals surface area contributed by atoms with Crippen molar-refractivity contribution in [3.05, 3.63) is 29.8 Å². The van der Waals surface area contributed by atoms with Gasteiger partial charge in [0.05, 0.1) is 19.8 Å². The number of hydrogen-bond donors (Lipinski definition) is 2. The van der Waals surface area contributed by atoms with E-state index in [0.29, 0.717) is 26.4 Å². The monoisotopic (exact) mass is 293 g/mol. The number of amides is 1. The maximum absolute atomic E-state index is 11.3. The van der Waals surface area contributed by atoms with Crippen molar-refractivity contribution in [1.29, 1.82) is 0 Å². The van der Waals surface area contributed by atoms with Crippen LogP contribution in [0.5, 0.6) is 5.75 Å². The van der Waals surface area contributed by atoms with E-state index in [1.807, 2.05) is 24.3 Å². The highest BCUT2D eigenvalue weighted by atomic mass is 16.5. The molecule has 0 bridgehead atoms. The number of hydrogen-bond acceptors (Lipinski definition) is 5. The van der Waals surface area contributed by atoms with E-state index in [2.05, 4.69) is 4.90 Å². The smallest absolute Gasteiger partial charge is 0.237 e. The lowest BCUT2D eigenvalue weighted by Gasteiger charge is -2.33. The highest BCUT2D eigenvalue weighted by Gasteiger charge is 2.26. The molecule has 6 heteroatoms. The van der Waals surface area contributed by atoms with Crippen molar-refractivity contribution in [2.24, 2.45) is 11.5 Å². The van der Waals surface area contributed by atoms with Crippen molar-refractivity contribution < 1.29 is 14.3 Å². The van der Waals surface area contributed by atoms with Gasteiger partial charge in [-0.1, -0.05) is 12.1 Å². The maximum atomic E-state index is 11.3. The number of carbonyl (C=O) groups is 1.